The van der Waals surface area contributed by atoms with Crippen molar-refractivity contribution in [1.29, 1.82) is 0 Å². The zero-order valence-electron chi connectivity index (χ0n) is 20.5. The van der Waals surface area contributed by atoms with Crippen molar-refractivity contribution >= 4 is 19.5 Å². The number of piperidine rings is 1. The standard InChI is InChI=1S/C25H29BF2N2O6/c1-5-6-15(2)21(16(3)31)25(26,33)29-10-9-23(13-24(27,28)14-23)12-20(29)18-8-7-17(22(32)36-4)11-19(18)30(34)35/h5-8,11,20,31,33H,2,9-10,12-14H2,1,3-4H3/b6-5-,21-16-. The van der Waals surface area contributed by atoms with Crippen LogP contribution in [0.15, 0.2) is 53.8 Å². The number of nitro benzene ring substituents is 1. The number of benzene rings is 1. The summed E-state index contributed by atoms with van der Waals surface area (Å²) in [5.74, 6) is -3.92. The molecule has 2 unspecified atom stereocenters. The Morgan fingerprint density at radius 3 is 2.56 bits per heavy atom. The van der Waals surface area contributed by atoms with Crippen LogP contribution in [0.3, 0.4) is 0 Å². The van der Waals surface area contributed by atoms with Gasteiger partial charge in [-0.1, -0.05) is 18.7 Å². The van der Waals surface area contributed by atoms with Crippen LogP contribution in [0.1, 0.15) is 61.5 Å². The predicted octanol–water partition coefficient (Wildman–Crippen LogP) is 4.71. The Balaban J connectivity index is 2.16. The summed E-state index contributed by atoms with van der Waals surface area (Å²) in [6, 6.07) is 2.76. The average Bonchev–Trinajstić information content (AvgIpc) is 2.76. The Morgan fingerprint density at radius 1 is 1.42 bits per heavy atom. The second-order valence-corrected chi connectivity index (χ2v) is 9.61. The summed E-state index contributed by atoms with van der Waals surface area (Å²) in [5, 5.41) is 34.0. The lowest BCUT2D eigenvalue weighted by Gasteiger charge is -2.57. The number of hydrogen-bond donors (Lipinski definition) is 2. The number of likely N-dealkylation sites (tertiary alicyclic amines) is 1. The van der Waals surface area contributed by atoms with Crippen LogP contribution in [0.4, 0.5) is 14.5 Å². The molecule has 2 radical (unpaired) electrons. The summed E-state index contributed by atoms with van der Waals surface area (Å²) in [7, 11) is 7.54. The van der Waals surface area contributed by atoms with Crippen LogP contribution in [0.2, 0.25) is 0 Å². The molecule has 1 aliphatic carbocycles. The molecule has 1 aromatic carbocycles. The van der Waals surface area contributed by atoms with Gasteiger partial charge in [0, 0.05) is 42.6 Å². The number of allylic oxidation sites excluding steroid dienone is 3. The van der Waals surface area contributed by atoms with Crippen molar-refractivity contribution in [2.24, 2.45) is 5.41 Å². The molecule has 1 saturated carbocycles. The van der Waals surface area contributed by atoms with Gasteiger partial charge >= 0.3 is 5.97 Å². The van der Waals surface area contributed by atoms with Gasteiger partial charge in [-0.25, -0.2) is 13.6 Å². The number of hydrogen-bond acceptors (Lipinski definition) is 7. The second kappa shape index (κ2) is 9.78. The largest absolute Gasteiger partial charge is 0.512 e. The van der Waals surface area contributed by atoms with Crippen LogP contribution >= 0.6 is 0 Å². The third kappa shape index (κ3) is 5.08. The first kappa shape index (κ1) is 27.5. The molecule has 8 nitrogen and oxygen atoms in total. The van der Waals surface area contributed by atoms with Crippen molar-refractivity contribution < 1.29 is 33.4 Å². The fraction of sp³-hybridized carbons (Fsp3) is 0.480. The molecule has 36 heavy (non-hydrogen) atoms. The molecule has 1 aromatic rings. The maximum Gasteiger partial charge on any atom is 0.338 e. The van der Waals surface area contributed by atoms with E-state index in [9.17, 15) is 33.9 Å². The number of rotatable bonds is 7. The fourth-order valence-corrected chi connectivity index (χ4v) is 5.58. The van der Waals surface area contributed by atoms with Gasteiger partial charge in [-0.2, -0.15) is 0 Å². The van der Waals surface area contributed by atoms with Crippen LogP contribution in [0.5, 0.6) is 0 Å². The third-order valence-electron chi connectivity index (χ3n) is 7.02. The summed E-state index contributed by atoms with van der Waals surface area (Å²) >= 11 is 0. The lowest BCUT2D eigenvalue weighted by atomic mass is 9.58. The van der Waals surface area contributed by atoms with Gasteiger partial charge in [-0.15, -0.1) is 0 Å². The van der Waals surface area contributed by atoms with Gasteiger partial charge in [0.25, 0.3) is 5.69 Å². The summed E-state index contributed by atoms with van der Waals surface area (Å²) in [6.45, 7) is 6.91. The van der Waals surface area contributed by atoms with E-state index in [0.717, 1.165) is 13.2 Å². The van der Waals surface area contributed by atoms with E-state index in [2.05, 4.69) is 11.3 Å². The monoisotopic (exact) mass is 502 g/mol. The third-order valence-corrected chi connectivity index (χ3v) is 7.02. The van der Waals surface area contributed by atoms with Crippen molar-refractivity contribution in [3.8, 4) is 0 Å². The Labute approximate surface area is 209 Å². The molecule has 1 spiro atoms. The normalized spacial score (nSPS) is 23.4. The molecule has 192 valence electrons. The highest BCUT2D eigenvalue weighted by atomic mass is 19.3. The van der Waals surface area contributed by atoms with Crippen molar-refractivity contribution in [2.75, 3.05) is 13.7 Å². The molecule has 0 amide bonds. The minimum absolute atomic E-state index is 0.0174. The average molecular weight is 502 g/mol. The van der Waals surface area contributed by atoms with Crippen LogP contribution in [0.25, 0.3) is 0 Å². The molecule has 3 rings (SSSR count). The van der Waals surface area contributed by atoms with Gasteiger partial charge < -0.3 is 14.9 Å². The Morgan fingerprint density at radius 2 is 2.06 bits per heavy atom. The van der Waals surface area contributed by atoms with Crippen molar-refractivity contribution in [1.82, 2.24) is 4.90 Å². The van der Waals surface area contributed by atoms with Gasteiger partial charge in [0.05, 0.1) is 23.4 Å². The number of nitro groups is 1. The number of ether oxygens (including phenoxy) is 1. The fourth-order valence-electron chi connectivity index (χ4n) is 5.58. The van der Waals surface area contributed by atoms with Crippen molar-refractivity contribution in [3.05, 3.63) is 75.1 Å². The van der Waals surface area contributed by atoms with Gasteiger partial charge in [-0.05, 0) is 49.8 Å². The number of methoxy groups -OCH3 is 1. The first-order chi connectivity index (χ1) is 16.7. The SMILES string of the molecule is [B]C(O)(/C(C(=C)/C=C\C)=C(/C)O)N1CCC2(CC1c1ccc(C(=O)OC)cc1[N+](=O)[O-])CC(F)(F)C2. The minimum Gasteiger partial charge on any atom is -0.512 e. The summed E-state index contributed by atoms with van der Waals surface area (Å²) in [4.78, 5) is 24.7. The van der Waals surface area contributed by atoms with E-state index in [1.807, 2.05) is 0 Å². The molecular formula is C25H29BF2N2O6. The Kier molecular flexibility index (Phi) is 7.48. The van der Waals surface area contributed by atoms with E-state index in [1.165, 1.54) is 30.0 Å². The van der Waals surface area contributed by atoms with Crippen LogP contribution < -0.4 is 0 Å². The predicted molar refractivity (Wildman–Crippen MR) is 130 cm³/mol. The van der Waals surface area contributed by atoms with E-state index in [1.54, 1.807) is 13.0 Å². The smallest absolute Gasteiger partial charge is 0.338 e. The highest BCUT2D eigenvalue weighted by Crippen LogP contribution is 2.61. The molecule has 2 atom stereocenters. The van der Waals surface area contributed by atoms with Crippen LogP contribution in [0, 0.1) is 15.5 Å². The molecule has 1 aliphatic heterocycles. The van der Waals surface area contributed by atoms with Crippen LogP contribution in [-0.2, 0) is 4.74 Å². The van der Waals surface area contributed by atoms with E-state index in [0.29, 0.717) is 0 Å². The van der Waals surface area contributed by atoms with Crippen molar-refractivity contribution in [3.63, 3.8) is 0 Å². The van der Waals surface area contributed by atoms with E-state index in [-0.39, 0.29) is 60.3 Å². The molecule has 1 saturated heterocycles. The number of nitrogens with zero attached hydrogens (tertiary/aromatic N) is 2. The topological polar surface area (TPSA) is 113 Å². The van der Waals surface area contributed by atoms with E-state index in [4.69, 9.17) is 7.85 Å². The Bertz CT molecular complexity index is 1140. The molecule has 2 aliphatic rings. The quantitative estimate of drug-likeness (QED) is 0.139. The highest BCUT2D eigenvalue weighted by molar-refractivity contribution is 6.16. The zero-order chi connectivity index (χ0) is 27.1. The van der Waals surface area contributed by atoms with E-state index >= 15 is 0 Å². The van der Waals surface area contributed by atoms with Gasteiger partial charge in [0.15, 0.2) is 0 Å². The zero-order valence-corrected chi connectivity index (χ0v) is 20.5. The molecule has 1 heterocycles. The number of aliphatic hydroxyl groups excluding tert-OH is 1. The first-order valence-electron chi connectivity index (χ1n) is 11.4. The lowest BCUT2D eigenvalue weighted by Crippen LogP contribution is -2.60. The molecule has 2 N–H and O–H groups in total. The Hall–Kier alpha value is -3.05. The summed E-state index contributed by atoms with van der Waals surface area (Å²) in [6.07, 6.45) is 2.72. The number of esters is 1. The second-order valence-electron chi connectivity index (χ2n) is 9.61. The number of carbonyl (C=O) groups is 1. The molecule has 0 bridgehead atoms. The molecule has 0 aromatic heterocycles. The molecule has 2 fully saturated rings. The van der Waals surface area contributed by atoms with E-state index < -0.39 is 39.6 Å². The van der Waals surface area contributed by atoms with Crippen molar-refractivity contribution in [2.45, 2.75) is 57.1 Å². The lowest BCUT2D eigenvalue weighted by molar-refractivity contribution is -0.386. The highest BCUT2D eigenvalue weighted by Gasteiger charge is 2.60. The maximum absolute atomic E-state index is 13.9. The first-order valence-corrected chi connectivity index (χ1v) is 11.4. The number of halogens is 2. The number of alkyl halides is 2. The minimum atomic E-state index is -2.83. The van der Waals surface area contributed by atoms with Gasteiger partial charge in [0.1, 0.15) is 13.5 Å². The molecular weight excluding hydrogens is 473 g/mol. The number of aliphatic hydroxyl groups is 2. The molecule has 11 heteroatoms. The van der Waals surface area contributed by atoms with Gasteiger partial charge in [0.2, 0.25) is 5.92 Å². The summed E-state index contributed by atoms with van der Waals surface area (Å²) in [5.41, 5.74) is -3.43. The van der Waals surface area contributed by atoms with Crippen LogP contribution in [-0.4, -0.2) is 59.1 Å². The number of carbonyl (C=O) groups excluding carboxylic acids is 1. The maximum atomic E-state index is 13.9. The summed E-state index contributed by atoms with van der Waals surface area (Å²) < 4.78 is 32.5. The van der Waals surface area contributed by atoms with Gasteiger partial charge in [-0.3, -0.25) is 15.0 Å².